The minimum atomic E-state index is 0.394. The molecular formula is C26H28N6O. The van der Waals surface area contributed by atoms with Gasteiger partial charge in [0.1, 0.15) is 5.75 Å². The molecule has 0 radical (unpaired) electrons. The number of aromatic nitrogens is 3. The number of nitrogen functional groups attached to an aromatic ring is 1. The van der Waals surface area contributed by atoms with Gasteiger partial charge in [-0.05, 0) is 50.1 Å². The number of methoxy groups -OCH3 is 1. The Kier molecular flexibility index (Phi) is 5.48. The van der Waals surface area contributed by atoms with Crippen LogP contribution in [0.4, 0.5) is 17.3 Å². The van der Waals surface area contributed by atoms with E-state index in [1.807, 2.05) is 30.3 Å². The summed E-state index contributed by atoms with van der Waals surface area (Å²) < 4.78 is 5.50. The summed E-state index contributed by atoms with van der Waals surface area (Å²) in [6.45, 7) is 5.08. The van der Waals surface area contributed by atoms with Crippen molar-refractivity contribution in [1.82, 2.24) is 20.3 Å². The molecule has 0 aliphatic carbocycles. The van der Waals surface area contributed by atoms with Crippen LogP contribution >= 0.6 is 0 Å². The van der Waals surface area contributed by atoms with E-state index in [2.05, 4.69) is 52.7 Å². The topological polar surface area (TPSA) is 101 Å². The average Bonchev–Trinajstić information content (AvgIpc) is 3.15. The maximum absolute atomic E-state index is 6.26. The standard InChI is InChI=1S/C26H28N6O/c1-15-12-17(8-10-28-15)19-13-24(33-3)20(27)14-23(19)32-26-29-11-9-22(31-26)25-16(2)30-21-7-5-4-6-18(21)25/h4-9,11,13-15,28,30H,10,12,27H2,1-3H3,(H,29,31,32). The second-order valence-corrected chi connectivity index (χ2v) is 8.44. The van der Waals surface area contributed by atoms with Crippen LogP contribution < -0.4 is 21.1 Å². The number of nitrogens with one attached hydrogen (secondary N) is 3. The Hall–Kier alpha value is -3.84. The maximum Gasteiger partial charge on any atom is 0.227 e. The van der Waals surface area contributed by atoms with Crippen molar-refractivity contribution in [3.8, 4) is 17.0 Å². The van der Waals surface area contributed by atoms with Gasteiger partial charge in [-0.3, -0.25) is 0 Å². The first-order valence-corrected chi connectivity index (χ1v) is 11.1. The molecule has 1 aliphatic rings. The van der Waals surface area contributed by atoms with Crippen molar-refractivity contribution in [1.29, 1.82) is 0 Å². The van der Waals surface area contributed by atoms with Crippen LogP contribution in [0.25, 0.3) is 27.7 Å². The second kappa shape index (κ2) is 8.60. The summed E-state index contributed by atoms with van der Waals surface area (Å²) in [4.78, 5) is 12.8. The van der Waals surface area contributed by atoms with E-state index in [9.17, 15) is 0 Å². The van der Waals surface area contributed by atoms with E-state index < -0.39 is 0 Å². The molecule has 0 spiro atoms. The SMILES string of the molecule is COc1cc(C2=CCNC(C)C2)c(Nc2nccc(-c3c(C)[nH]c4ccccc34)n2)cc1N. The Labute approximate surface area is 193 Å². The van der Waals surface area contributed by atoms with Gasteiger partial charge in [-0.15, -0.1) is 0 Å². The lowest BCUT2D eigenvalue weighted by Gasteiger charge is -2.23. The molecule has 2 aromatic heterocycles. The molecule has 0 bridgehead atoms. The summed E-state index contributed by atoms with van der Waals surface area (Å²) >= 11 is 0. The van der Waals surface area contributed by atoms with Crippen LogP contribution in [0, 0.1) is 6.92 Å². The van der Waals surface area contributed by atoms with Gasteiger partial charge in [-0.1, -0.05) is 24.3 Å². The van der Waals surface area contributed by atoms with Crippen LogP contribution in [0.1, 0.15) is 24.6 Å². The van der Waals surface area contributed by atoms with Crippen molar-refractivity contribution in [2.45, 2.75) is 26.3 Å². The van der Waals surface area contributed by atoms with Gasteiger partial charge in [0.2, 0.25) is 5.95 Å². The van der Waals surface area contributed by atoms with E-state index >= 15 is 0 Å². The molecule has 0 amide bonds. The largest absolute Gasteiger partial charge is 0.495 e. The third-order valence-corrected chi connectivity index (χ3v) is 6.11. The lowest BCUT2D eigenvalue weighted by molar-refractivity contribution is 0.417. The zero-order valence-electron chi connectivity index (χ0n) is 19.1. The molecule has 7 nitrogen and oxygen atoms in total. The van der Waals surface area contributed by atoms with Crippen molar-refractivity contribution in [3.05, 3.63) is 66.0 Å². The monoisotopic (exact) mass is 440 g/mol. The van der Waals surface area contributed by atoms with E-state index in [0.717, 1.165) is 52.1 Å². The molecule has 33 heavy (non-hydrogen) atoms. The lowest BCUT2D eigenvalue weighted by Crippen LogP contribution is -2.30. The summed E-state index contributed by atoms with van der Waals surface area (Å²) in [5, 5.41) is 8.01. The van der Waals surface area contributed by atoms with Gasteiger partial charge in [0, 0.05) is 46.5 Å². The highest BCUT2D eigenvalue weighted by Gasteiger charge is 2.19. The third kappa shape index (κ3) is 4.03. The molecule has 5 N–H and O–H groups in total. The summed E-state index contributed by atoms with van der Waals surface area (Å²) in [7, 11) is 1.64. The fourth-order valence-corrected chi connectivity index (χ4v) is 4.52. The third-order valence-electron chi connectivity index (χ3n) is 6.11. The van der Waals surface area contributed by atoms with E-state index in [4.69, 9.17) is 15.5 Å². The minimum absolute atomic E-state index is 0.394. The molecule has 168 valence electrons. The lowest BCUT2D eigenvalue weighted by atomic mass is 9.94. The Morgan fingerprint density at radius 1 is 1.18 bits per heavy atom. The van der Waals surface area contributed by atoms with Crippen molar-refractivity contribution in [2.24, 2.45) is 0 Å². The Bertz CT molecular complexity index is 1360. The number of rotatable bonds is 5. The zero-order valence-corrected chi connectivity index (χ0v) is 19.1. The number of benzene rings is 2. The molecular weight excluding hydrogens is 412 g/mol. The first-order valence-electron chi connectivity index (χ1n) is 11.1. The molecule has 5 rings (SSSR count). The van der Waals surface area contributed by atoms with Crippen LogP contribution in [0.15, 0.2) is 54.7 Å². The number of anilines is 3. The van der Waals surface area contributed by atoms with Crippen molar-refractivity contribution >= 4 is 33.8 Å². The number of aryl methyl sites for hydroxylation is 1. The smallest absolute Gasteiger partial charge is 0.227 e. The summed E-state index contributed by atoms with van der Waals surface area (Å²) in [6.07, 6.45) is 4.91. The number of aromatic amines is 1. The molecule has 1 unspecified atom stereocenters. The minimum Gasteiger partial charge on any atom is -0.495 e. The molecule has 0 saturated heterocycles. The van der Waals surface area contributed by atoms with Crippen LogP contribution in [-0.4, -0.2) is 34.6 Å². The van der Waals surface area contributed by atoms with Gasteiger partial charge in [0.05, 0.1) is 24.2 Å². The van der Waals surface area contributed by atoms with Crippen molar-refractivity contribution in [3.63, 3.8) is 0 Å². The molecule has 1 aliphatic heterocycles. The molecule has 2 aromatic carbocycles. The van der Waals surface area contributed by atoms with Crippen LogP contribution in [0.3, 0.4) is 0 Å². The van der Waals surface area contributed by atoms with Gasteiger partial charge in [0.25, 0.3) is 0 Å². The van der Waals surface area contributed by atoms with Crippen LogP contribution in [0.2, 0.25) is 0 Å². The van der Waals surface area contributed by atoms with E-state index in [-0.39, 0.29) is 0 Å². The van der Waals surface area contributed by atoms with E-state index in [1.165, 1.54) is 5.57 Å². The molecule has 0 saturated carbocycles. The Morgan fingerprint density at radius 2 is 2.03 bits per heavy atom. The number of para-hydroxylation sites is 1. The molecule has 7 heteroatoms. The predicted molar refractivity (Wildman–Crippen MR) is 135 cm³/mol. The normalized spacial score (nSPS) is 16.0. The van der Waals surface area contributed by atoms with Gasteiger partial charge < -0.3 is 26.1 Å². The number of hydrogen-bond donors (Lipinski definition) is 4. The predicted octanol–water partition coefficient (Wildman–Crippen LogP) is 5.03. The maximum atomic E-state index is 6.26. The Morgan fingerprint density at radius 3 is 2.85 bits per heavy atom. The van der Waals surface area contributed by atoms with Crippen LogP contribution in [0.5, 0.6) is 5.75 Å². The number of hydrogen-bond acceptors (Lipinski definition) is 6. The second-order valence-electron chi connectivity index (χ2n) is 8.44. The van der Waals surface area contributed by atoms with Crippen LogP contribution in [-0.2, 0) is 0 Å². The van der Waals surface area contributed by atoms with E-state index in [0.29, 0.717) is 23.4 Å². The highest BCUT2D eigenvalue weighted by molar-refractivity contribution is 5.96. The molecule has 3 heterocycles. The number of nitrogens with zero attached hydrogens (tertiary/aromatic N) is 2. The zero-order chi connectivity index (χ0) is 22.9. The van der Waals surface area contributed by atoms with Crippen molar-refractivity contribution < 1.29 is 4.74 Å². The first kappa shape index (κ1) is 21.0. The summed E-state index contributed by atoms with van der Waals surface area (Å²) in [5.74, 6) is 1.18. The van der Waals surface area contributed by atoms with Gasteiger partial charge in [-0.2, -0.15) is 0 Å². The molecule has 0 fully saturated rings. The quantitative estimate of drug-likeness (QED) is 0.325. The highest BCUT2D eigenvalue weighted by Crippen LogP contribution is 2.37. The van der Waals surface area contributed by atoms with Gasteiger partial charge in [0.15, 0.2) is 0 Å². The summed E-state index contributed by atoms with van der Waals surface area (Å²) in [6, 6.07) is 14.5. The van der Waals surface area contributed by atoms with Crippen molar-refractivity contribution in [2.75, 3.05) is 24.7 Å². The molecule has 1 atom stereocenters. The highest BCUT2D eigenvalue weighted by atomic mass is 16.5. The number of H-pyrrole nitrogens is 1. The number of nitrogens with two attached hydrogens (primary N) is 1. The fourth-order valence-electron chi connectivity index (χ4n) is 4.52. The number of ether oxygens (including phenoxy) is 1. The first-order chi connectivity index (χ1) is 16.0. The Balaban J connectivity index is 1.56. The average molecular weight is 441 g/mol. The fraction of sp³-hybridized carbons (Fsp3) is 0.231. The van der Waals surface area contributed by atoms with Gasteiger partial charge in [-0.25, -0.2) is 9.97 Å². The number of fused-ring (bicyclic) bond motifs is 1. The van der Waals surface area contributed by atoms with Gasteiger partial charge >= 0.3 is 0 Å². The molecule has 4 aromatic rings. The summed E-state index contributed by atoms with van der Waals surface area (Å²) in [5.41, 5.74) is 14.1. The van der Waals surface area contributed by atoms with E-state index in [1.54, 1.807) is 13.3 Å².